The van der Waals surface area contributed by atoms with Gasteiger partial charge in [0.1, 0.15) is 0 Å². The molecule has 86 heavy (non-hydrogen) atoms. The van der Waals surface area contributed by atoms with E-state index >= 15 is 9.59 Å². The Kier molecular flexibility index (Phi) is 16.4. The van der Waals surface area contributed by atoms with E-state index in [1.807, 2.05) is 72.8 Å². The molecule has 2 nitrogen and oxygen atoms in total. The standard InChI is InChI=1S/C84H66O2/c85-83-79(67-34-17-5-18-35-67)75(77(81(83)69-38-21-7-22-39-69)73-54-63(48-44-59-26-9-1-10-27-59)52-64(55-73)49-45-60-28-11-2-12-29-60)71-42-25-43-72(58-71)76-78(82(70-40-23-8-24-41-70)84(86)80(76)68-36-19-6-20-37-68)74-56-65(50-46-61-30-13-3-14-31-61)53-66(57-74)51-47-62-32-15-4-16-33-62/h1-43,52-58H,44-51H2. The molecule has 0 saturated heterocycles. The van der Waals surface area contributed by atoms with Crippen LogP contribution in [0.5, 0.6) is 0 Å². The van der Waals surface area contributed by atoms with Gasteiger partial charge in [-0.15, -0.1) is 0 Å². The van der Waals surface area contributed by atoms with Crippen molar-refractivity contribution in [3.05, 3.63) is 392 Å². The van der Waals surface area contributed by atoms with E-state index in [0.29, 0.717) is 22.3 Å². The van der Waals surface area contributed by atoms with Crippen molar-refractivity contribution in [2.45, 2.75) is 51.4 Å². The lowest BCUT2D eigenvalue weighted by Crippen LogP contribution is -2.02. The van der Waals surface area contributed by atoms with Crippen LogP contribution in [0.4, 0.5) is 0 Å². The first-order valence-corrected chi connectivity index (χ1v) is 30.3. The van der Waals surface area contributed by atoms with E-state index in [9.17, 15) is 0 Å². The van der Waals surface area contributed by atoms with Gasteiger partial charge in [0.15, 0.2) is 11.6 Å². The van der Waals surface area contributed by atoms with Gasteiger partial charge in [-0.05, 0) is 146 Å². The smallest absolute Gasteiger partial charge is 0.195 e. The lowest BCUT2D eigenvalue weighted by Gasteiger charge is -2.19. The highest BCUT2D eigenvalue weighted by molar-refractivity contribution is 6.60. The van der Waals surface area contributed by atoms with Crippen LogP contribution in [0.3, 0.4) is 0 Å². The maximum Gasteiger partial charge on any atom is 0.195 e. The van der Waals surface area contributed by atoms with E-state index in [0.717, 1.165) is 118 Å². The first-order valence-electron chi connectivity index (χ1n) is 30.3. The van der Waals surface area contributed by atoms with Crippen molar-refractivity contribution in [1.29, 1.82) is 0 Å². The number of hydrogen-bond donors (Lipinski definition) is 0. The molecule has 11 aromatic rings. The molecule has 0 unspecified atom stereocenters. The van der Waals surface area contributed by atoms with E-state index in [-0.39, 0.29) is 11.6 Å². The van der Waals surface area contributed by atoms with Gasteiger partial charge in [-0.1, -0.05) is 297 Å². The Hall–Kier alpha value is -10.3. The summed E-state index contributed by atoms with van der Waals surface area (Å²) in [6, 6.07) is 107. The number of allylic oxidation sites excluding steroid dienone is 8. The van der Waals surface area contributed by atoms with E-state index in [1.54, 1.807) is 0 Å². The number of carbonyl (C=O) groups excluding carboxylic acids is 2. The Balaban J connectivity index is 1.04. The number of aryl methyl sites for hydroxylation is 8. The van der Waals surface area contributed by atoms with Crippen LogP contribution >= 0.6 is 0 Å². The molecular weight excluding hydrogens is 1040 g/mol. The summed E-state index contributed by atoms with van der Waals surface area (Å²) < 4.78 is 0. The summed E-state index contributed by atoms with van der Waals surface area (Å²) in [5.41, 5.74) is 23.6. The molecule has 0 atom stereocenters. The fraction of sp³-hybridized carbons (Fsp3) is 0.0952. The van der Waals surface area contributed by atoms with Crippen molar-refractivity contribution < 1.29 is 9.59 Å². The molecule has 11 aromatic carbocycles. The number of ketones is 2. The number of hydrogen-bond acceptors (Lipinski definition) is 2. The molecule has 2 aliphatic carbocycles. The van der Waals surface area contributed by atoms with Crippen molar-refractivity contribution in [3.8, 4) is 0 Å². The lowest BCUT2D eigenvalue weighted by atomic mass is 9.83. The quantitative estimate of drug-likeness (QED) is 0.0762. The van der Waals surface area contributed by atoms with Crippen molar-refractivity contribution in [2.24, 2.45) is 0 Å². The Morgan fingerprint density at radius 1 is 0.151 bits per heavy atom. The molecular formula is C84H66O2. The monoisotopic (exact) mass is 1110 g/mol. The minimum atomic E-state index is -0.0131. The zero-order valence-electron chi connectivity index (χ0n) is 48.3. The molecule has 0 heterocycles. The molecule has 2 aliphatic rings. The Bertz CT molecular complexity index is 3940. The normalized spacial score (nSPS) is 13.3. The van der Waals surface area contributed by atoms with Gasteiger partial charge in [0.2, 0.25) is 0 Å². The summed E-state index contributed by atoms with van der Waals surface area (Å²) in [5.74, 6) is -0.0262. The zero-order chi connectivity index (χ0) is 58.0. The highest BCUT2D eigenvalue weighted by Gasteiger charge is 2.38. The van der Waals surface area contributed by atoms with Gasteiger partial charge in [0.05, 0.1) is 0 Å². The minimum Gasteiger partial charge on any atom is -0.289 e. The maximum atomic E-state index is 16.1. The maximum absolute atomic E-state index is 16.1. The molecule has 0 aromatic heterocycles. The largest absolute Gasteiger partial charge is 0.289 e. The number of benzene rings is 11. The second-order valence-electron chi connectivity index (χ2n) is 22.7. The zero-order valence-corrected chi connectivity index (χ0v) is 48.3. The molecule has 2 heteroatoms. The minimum absolute atomic E-state index is 0.0131. The van der Waals surface area contributed by atoms with Crippen molar-refractivity contribution in [2.75, 3.05) is 0 Å². The molecule has 0 radical (unpaired) electrons. The first-order chi connectivity index (χ1) is 42.5. The van der Waals surface area contributed by atoms with E-state index in [4.69, 9.17) is 0 Å². The summed E-state index contributed by atoms with van der Waals surface area (Å²) in [4.78, 5) is 32.2. The SMILES string of the molecule is O=C1C(c2ccccc2)=C(c2cc(CCc3ccccc3)cc(CCc3ccccc3)c2)C(c2cccc(C3=C(c4ccccc4)C(=O)C(c4ccccc4)=C3c3cc(CCc4ccccc4)cc(CCc4ccccc4)c3)c2)=C1c1ccccc1. The van der Waals surface area contributed by atoms with E-state index in [1.165, 1.54) is 44.5 Å². The third-order valence-corrected chi connectivity index (χ3v) is 17.0. The van der Waals surface area contributed by atoms with Crippen LogP contribution in [-0.4, -0.2) is 11.6 Å². The first kappa shape index (κ1) is 54.9. The van der Waals surface area contributed by atoms with Crippen molar-refractivity contribution >= 4 is 56.2 Å². The van der Waals surface area contributed by atoms with Crippen LogP contribution in [0.25, 0.3) is 44.6 Å². The third kappa shape index (κ3) is 12.1. The Morgan fingerprint density at radius 2 is 0.349 bits per heavy atom. The molecule has 0 aliphatic heterocycles. The van der Waals surface area contributed by atoms with Gasteiger partial charge in [0.25, 0.3) is 0 Å². The molecule has 0 spiro atoms. The average molecular weight is 1110 g/mol. The van der Waals surface area contributed by atoms with E-state index in [2.05, 4.69) is 231 Å². The van der Waals surface area contributed by atoms with E-state index < -0.39 is 0 Å². The summed E-state index contributed by atoms with van der Waals surface area (Å²) in [7, 11) is 0. The summed E-state index contributed by atoms with van der Waals surface area (Å²) >= 11 is 0. The molecule has 0 bridgehead atoms. The van der Waals surface area contributed by atoms with Crippen LogP contribution in [-0.2, 0) is 61.0 Å². The summed E-state index contributed by atoms with van der Waals surface area (Å²) in [6.45, 7) is 0. The second kappa shape index (κ2) is 25.7. The highest BCUT2D eigenvalue weighted by Crippen LogP contribution is 2.53. The number of Topliss-reactive ketones (excluding diaryl/α,β-unsaturated/α-hetero) is 2. The molecule has 0 N–H and O–H groups in total. The predicted molar refractivity (Wildman–Crippen MR) is 358 cm³/mol. The fourth-order valence-corrected chi connectivity index (χ4v) is 12.8. The fourth-order valence-electron chi connectivity index (χ4n) is 12.8. The molecule has 0 fully saturated rings. The van der Waals surface area contributed by atoms with Crippen LogP contribution in [0, 0.1) is 0 Å². The molecule has 13 rings (SSSR count). The highest BCUT2D eigenvalue weighted by atomic mass is 16.1. The van der Waals surface area contributed by atoms with Crippen molar-refractivity contribution in [1.82, 2.24) is 0 Å². The number of rotatable bonds is 20. The van der Waals surface area contributed by atoms with Gasteiger partial charge >= 0.3 is 0 Å². The topological polar surface area (TPSA) is 34.1 Å². The van der Waals surface area contributed by atoms with Gasteiger partial charge in [0, 0.05) is 44.6 Å². The van der Waals surface area contributed by atoms with Crippen LogP contribution in [0.15, 0.2) is 303 Å². The predicted octanol–water partition coefficient (Wildman–Crippen LogP) is 19.0. The summed E-state index contributed by atoms with van der Waals surface area (Å²) in [6.07, 6.45) is 6.88. The third-order valence-electron chi connectivity index (χ3n) is 17.0. The van der Waals surface area contributed by atoms with Gasteiger partial charge < -0.3 is 0 Å². The van der Waals surface area contributed by atoms with Crippen LogP contribution in [0.1, 0.15) is 89.0 Å². The Labute approximate surface area is 506 Å². The second-order valence-corrected chi connectivity index (χ2v) is 22.7. The molecule has 414 valence electrons. The van der Waals surface area contributed by atoms with Gasteiger partial charge in [-0.25, -0.2) is 0 Å². The van der Waals surface area contributed by atoms with Gasteiger partial charge in [-0.3, -0.25) is 9.59 Å². The Morgan fingerprint density at radius 3 is 0.593 bits per heavy atom. The lowest BCUT2D eigenvalue weighted by molar-refractivity contribution is -0.109. The average Bonchev–Trinajstić information content (AvgIpc) is 1.80. The molecule has 0 saturated carbocycles. The van der Waals surface area contributed by atoms with Crippen LogP contribution in [0.2, 0.25) is 0 Å². The van der Waals surface area contributed by atoms with Crippen LogP contribution < -0.4 is 0 Å². The summed E-state index contributed by atoms with van der Waals surface area (Å²) in [5, 5.41) is 0. The number of carbonyl (C=O) groups is 2. The van der Waals surface area contributed by atoms with Crippen molar-refractivity contribution in [3.63, 3.8) is 0 Å². The molecule has 0 amide bonds. The van der Waals surface area contributed by atoms with Gasteiger partial charge in [-0.2, -0.15) is 0 Å².